The third-order valence-corrected chi connectivity index (χ3v) is 5.25. The molecular formula is C23H23N7O3. The standard InChI is InChI=1S/C23H23N7O3/c24-20-26-21(28-22(27-20)30-10-12-32-13-11-30)29-23-25-17(15-6-2-1-3-7-15)14-19(33-23)16-8-4-5-9-18(16)31/h1-9,14,19,31H,10-13H2,(H3,24,25,26,27,28,29). The number of hydrogen-bond donors (Lipinski definition) is 3. The normalized spacial score (nSPS) is 19.5. The third-order valence-electron chi connectivity index (χ3n) is 5.25. The van der Waals surface area contributed by atoms with Crippen molar-refractivity contribution in [2.75, 3.05) is 36.9 Å². The number of nitrogen functional groups attached to an aromatic ring is 1. The first-order valence-corrected chi connectivity index (χ1v) is 10.6. The number of para-hydroxylation sites is 1. The van der Waals surface area contributed by atoms with Crippen molar-refractivity contribution in [1.29, 1.82) is 0 Å². The summed E-state index contributed by atoms with van der Waals surface area (Å²) in [6.45, 7) is 2.50. The van der Waals surface area contributed by atoms with Crippen LogP contribution in [-0.4, -0.2) is 52.4 Å². The van der Waals surface area contributed by atoms with Crippen LogP contribution >= 0.6 is 0 Å². The molecule has 10 heteroatoms. The number of aromatic nitrogens is 3. The van der Waals surface area contributed by atoms with Crippen LogP contribution in [0.25, 0.3) is 5.70 Å². The fourth-order valence-electron chi connectivity index (χ4n) is 3.63. The largest absolute Gasteiger partial charge is 0.508 e. The number of nitrogens with zero attached hydrogens (tertiary/aromatic N) is 5. The smallest absolute Gasteiger partial charge is 0.298 e. The van der Waals surface area contributed by atoms with Crippen LogP contribution in [0.1, 0.15) is 17.2 Å². The molecule has 4 N–H and O–H groups in total. The molecule has 0 bridgehead atoms. The summed E-state index contributed by atoms with van der Waals surface area (Å²) in [5.41, 5.74) is 8.27. The maximum atomic E-state index is 10.4. The molecule has 5 rings (SSSR count). The quantitative estimate of drug-likeness (QED) is 0.554. The second-order valence-corrected chi connectivity index (χ2v) is 7.48. The lowest BCUT2D eigenvalue weighted by molar-refractivity contribution is 0.122. The number of ether oxygens (including phenoxy) is 2. The first kappa shape index (κ1) is 20.7. The zero-order valence-electron chi connectivity index (χ0n) is 17.8. The van der Waals surface area contributed by atoms with E-state index in [1.165, 1.54) is 0 Å². The molecule has 0 saturated carbocycles. The molecule has 1 fully saturated rings. The van der Waals surface area contributed by atoms with E-state index in [1.54, 1.807) is 18.2 Å². The van der Waals surface area contributed by atoms with Crippen LogP contribution in [0.2, 0.25) is 0 Å². The van der Waals surface area contributed by atoms with E-state index in [-0.39, 0.29) is 23.7 Å². The van der Waals surface area contributed by atoms with Crippen LogP contribution in [0.5, 0.6) is 5.75 Å². The maximum Gasteiger partial charge on any atom is 0.298 e. The second-order valence-electron chi connectivity index (χ2n) is 7.48. The van der Waals surface area contributed by atoms with Gasteiger partial charge in [0.05, 0.1) is 13.2 Å². The summed E-state index contributed by atoms with van der Waals surface area (Å²) in [5, 5.41) is 13.6. The Morgan fingerprint density at radius 3 is 2.55 bits per heavy atom. The van der Waals surface area contributed by atoms with Crippen LogP contribution in [0.3, 0.4) is 0 Å². The fourth-order valence-corrected chi connectivity index (χ4v) is 3.63. The molecule has 0 amide bonds. The minimum absolute atomic E-state index is 0.0673. The Hall–Kier alpha value is -4.18. The van der Waals surface area contributed by atoms with Crippen LogP contribution < -0.4 is 16.0 Å². The maximum absolute atomic E-state index is 10.4. The number of amidine groups is 1. The van der Waals surface area contributed by atoms with Crippen molar-refractivity contribution in [3.05, 3.63) is 71.8 Å². The van der Waals surface area contributed by atoms with E-state index in [1.807, 2.05) is 47.4 Å². The van der Waals surface area contributed by atoms with Gasteiger partial charge in [0.1, 0.15) is 5.75 Å². The lowest BCUT2D eigenvalue weighted by Crippen LogP contribution is -2.37. The predicted molar refractivity (Wildman–Crippen MR) is 124 cm³/mol. The molecule has 0 radical (unpaired) electrons. The van der Waals surface area contributed by atoms with Gasteiger partial charge in [-0.15, -0.1) is 0 Å². The van der Waals surface area contributed by atoms with Gasteiger partial charge in [0, 0.05) is 24.4 Å². The molecule has 168 valence electrons. The Morgan fingerprint density at radius 1 is 1.00 bits per heavy atom. The van der Waals surface area contributed by atoms with Gasteiger partial charge in [-0.25, -0.2) is 0 Å². The zero-order chi connectivity index (χ0) is 22.6. The van der Waals surface area contributed by atoms with Gasteiger partial charge in [0.2, 0.25) is 11.9 Å². The second kappa shape index (κ2) is 9.13. The van der Waals surface area contributed by atoms with Gasteiger partial charge >= 0.3 is 0 Å². The van der Waals surface area contributed by atoms with Gasteiger partial charge in [0.25, 0.3) is 12.0 Å². The molecule has 3 aromatic rings. The van der Waals surface area contributed by atoms with Crippen molar-refractivity contribution in [2.45, 2.75) is 6.10 Å². The number of phenols is 1. The number of aliphatic imine (C=N–C) groups is 1. The lowest BCUT2D eigenvalue weighted by atomic mass is 10.0. The molecule has 0 spiro atoms. The first-order valence-electron chi connectivity index (χ1n) is 10.6. The molecule has 1 unspecified atom stereocenters. The Labute approximate surface area is 190 Å². The number of hydrogen-bond acceptors (Lipinski definition) is 9. The van der Waals surface area contributed by atoms with Crippen molar-refractivity contribution in [2.24, 2.45) is 4.99 Å². The van der Waals surface area contributed by atoms with Crippen LogP contribution in [-0.2, 0) is 9.47 Å². The van der Waals surface area contributed by atoms with Crippen molar-refractivity contribution in [3.63, 3.8) is 0 Å². The molecule has 2 aliphatic heterocycles. The Kier molecular flexibility index (Phi) is 5.73. The SMILES string of the molecule is Nc1nc(/N=C2\NC(c3ccccc3)=CC(c3ccccc3O)O2)nc(N2CCOCC2)n1. The highest BCUT2D eigenvalue weighted by molar-refractivity contribution is 5.89. The van der Waals surface area contributed by atoms with E-state index >= 15 is 0 Å². The summed E-state index contributed by atoms with van der Waals surface area (Å²) in [6, 6.07) is 17.0. The molecule has 2 aliphatic rings. The van der Waals surface area contributed by atoms with E-state index in [0.29, 0.717) is 37.8 Å². The lowest BCUT2D eigenvalue weighted by Gasteiger charge is -2.27. The van der Waals surface area contributed by atoms with Gasteiger partial charge < -0.3 is 30.5 Å². The topological polar surface area (TPSA) is 131 Å². The molecule has 2 aromatic carbocycles. The molecule has 0 aliphatic carbocycles. The molecule has 10 nitrogen and oxygen atoms in total. The van der Waals surface area contributed by atoms with Gasteiger partial charge in [-0.05, 0) is 17.7 Å². The third kappa shape index (κ3) is 4.70. The van der Waals surface area contributed by atoms with Crippen molar-refractivity contribution >= 4 is 29.6 Å². The van der Waals surface area contributed by atoms with Crippen LogP contribution in [0.15, 0.2) is 65.7 Å². The predicted octanol–water partition coefficient (Wildman–Crippen LogP) is 2.39. The molecule has 1 saturated heterocycles. The molecule has 33 heavy (non-hydrogen) atoms. The van der Waals surface area contributed by atoms with Gasteiger partial charge in [0.15, 0.2) is 6.10 Å². The van der Waals surface area contributed by atoms with E-state index in [0.717, 1.165) is 11.3 Å². The molecule has 1 aromatic heterocycles. The highest BCUT2D eigenvalue weighted by atomic mass is 16.5. The summed E-state index contributed by atoms with van der Waals surface area (Å²) in [5.74, 6) is 0.762. The Morgan fingerprint density at radius 2 is 1.76 bits per heavy atom. The average molecular weight is 445 g/mol. The summed E-state index contributed by atoms with van der Waals surface area (Å²) >= 11 is 0. The minimum Gasteiger partial charge on any atom is -0.508 e. The number of morpholine rings is 1. The summed E-state index contributed by atoms with van der Waals surface area (Å²) in [6.07, 6.45) is 1.32. The molecule has 1 atom stereocenters. The van der Waals surface area contributed by atoms with Gasteiger partial charge in [-0.2, -0.15) is 19.9 Å². The van der Waals surface area contributed by atoms with E-state index in [4.69, 9.17) is 15.2 Å². The van der Waals surface area contributed by atoms with Gasteiger partial charge in [-0.1, -0.05) is 48.5 Å². The average Bonchev–Trinajstić information content (AvgIpc) is 2.85. The minimum atomic E-state index is -0.570. The van der Waals surface area contributed by atoms with Crippen LogP contribution in [0, 0.1) is 0 Å². The number of nitrogens with one attached hydrogen (secondary N) is 1. The highest BCUT2D eigenvalue weighted by Crippen LogP contribution is 2.32. The van der Waals surface area contributed by atoms with Crippen molar-refractivity contribution in [1.82, 2.24) is 20.3 Å². The summed E-state index contributed by atoms with van der Waals surface area (Å²) in [7, 11) is 0. The molecular weight excluding hydrogens is 422 g/mol. The number of nitrogens with two attached hydrogens (primary N) is 1. The van der Waals surface area contributed by atoms with E-state index in [2.05, 4.69) is 25.3 Å². The highest BCUT2D eigenvalue weighted by Gasteiger charge is 2.24. The molecule has 3 heterocycles. The van der Waals surface area contributed by atoms with Crippen LogP contribution in [0.4, 0.5) is 17.8 Å². The number of rotatable bonds is 4. The Bertz CT molecular complexity index is 1190. The number of anilines is 2. The number of phenolic OH excluding ortho intramolecular Hbond substituents is 1. The zero-order valence-corrected chi connectivity index (χ0v) is 17.8. The summed E-state index contributed by atoms with van der Waals surface area (Å²) < 4.78 is 11.5. The number of aromatic hydroxyl groups is 1. The van der Waals surface area contributed by atoms with Crippen molar-refractivity contribution in [3.8, 4) is 5.75 Å². The van der Waals surface area contributed by atoms with Crippen molar-refractivity contribution < 1.29 is 14.6 Å². The first-order chi connectivity index (χ1) is 16.2. The number of benzene rings is 2. The monoisotopic (exact) mass is 445 g/mol. The Balaban J connectivity index is 1.51. The van der Waals surface area contributed by atoms with Gasteiger partial charge in [-0.3, -0.25) is 0 Å². The fraction of sp³-hybridized carbons (Fsp3) is 0.217. The summed E-state index contributed by atoms with van der Waals surface area (Å²) in [4.78, 5) is 19.3. The van der Waals surface area contributed by atoms with E-state index < -0.39 is 6.10 Å². The van der Waals surface area contributed by atoms with E-state index in [9.17, 15) is 5.11 Å².